The Morgan fingerprint density at radius 2 is 1.83 bits per heavy atom. The predicted octanol–water partition coefficient (Wildman–Crippen LogP) is 3.57. The van der Waals surface area contributed by atoms with E-state index in [0.717, 1.165) is 27.1 Å². The highest BCUT2D eigenvalue weighted by molar-refractivity contribution is 8.00. The van der Waals surface area contributed by atoms with Crippen LogP contribution in [0.1, 0.15) is 31.9 Å². The Morgan fingerprint density at radius 1 is 1.12 bits per heavy atom. The molecule has 1 heterocycles. The number of thioether (sulfide) groups is 1. The van der Waals surface area contributed by atoms with Crippen LogP contribution < -0.4 is 10.6 Å². The second kappa shape index (κ2) is 7.66. The Labute approximate surface area is 146 Å². The van der Waals surface area contributed by atoms with Crippen LogP contribution in [0, 0.1) is 13.8 Å². The number of fused-ring (bicyclic) bond motifs is 1. The number of carbonyl (C=O) groups is 2. The van der Waals surface area contributed by atoms with Gasteiger partial charge in [-0.3, -0.25) is 10.1 Å². The number of hydrogen-bond donors (Lipinski definition) is 2. The summed E-state index contributed by atoms with van der Waals surface area (Å²) in [5.41, 5.74) is 3.17. The van der Waals surface area contributed by atoms with Crippen LogP contribution in [0.25, 0.3) is 10.9 Å². The van der Waals surface area contributed by atoms with Gasteiger partial charge in [-0.15, -0.1) is 0 Å². The molecule has 0 aliphatic heterocycles. The zero-order chi connectivity index (χ0) is 17.9. The smallest absolute Gasteiger partial charge is 0.321 e. The number of rotatable bonds is 4. The van der Waals surface area contributed by atoms with Gasteiger partial charge >= 0.3 is 6.03 Å². The highest BCUT2D eigenvalue weighted by atomic mass is 32.2. The summed E-state index contributed by atoms with van der Waals surface area (Å²) in [6.07, 6.45) is 0. The third-order valence-corrected chi connectivity index (χ3v) is 4.57. The number of urea groups is 1. The fourth-order valence-electron chi connectivity index (χ4n) is 2.34. The number of benzene rings is 1. The zero-order valence-corrected chi connectivity index (χ0v) is 15.5. The van der Waals surface area contributed by atoms with Gasteiger partial charge in [0.1, 0.15) is 0 Å². The maximum atomic E-state index is 12.1. The third kappa shape index (κ3) is 4.47. The minimum atomic E-state index is -0.471. The molecular weight excluding hydrogens is 322 g/mol. The highest BCUT2D eigenvalue weighted by Crippen LogP contribution is 2.28. The fraction of sp³-hybridized carbons (Fsp3) is 0.389. The van der Waals surface area contributed by atoms with Gasteiger partial charge in [0, 0.05) is 11.4 Å². The van der Waals surface area contributed by atoms with Gasteiger partial charge in [0.05, 0.1) is 15.8 Å². The molecule has 0 saturated carbocycles. The first-order chi connectivity index (χ1) is 11.3. The first-order valence-electron chi connectivity index (χ1n) is 7.93. The summed E-state index contributed by atoms with van der Waals surface area (Å²) in [4.78, 5) is 28.4. The SMILES string of the molecule is Cc1cc(S[C@@H](C)C(=O)NC(=O)NC(C)C)nc2c(C)cccc12. The van der Waals surface area contributed by atoms with Crippen molar-refractivity contribution in [2.75, 3.05) is 0 Å². The Hall–Kier alpha value is -2.08. The summed E-state index contributed by atoms with van der Waals surface area (Å²) in [5.74, 6) is -0.331. The number of nitrogens with zero attached hydrogens (tertiary/aromatic N) is 1. The molecular formula is C18H23N3O2S. The molecule has 0 radical (unpaired) electrons. The largest absolute Gasteiger partial charge is 0.336 e. The van der Waals surface area contributed by atoms with E-state index in [1.54, 1.807) is 6.92 Å². The second-order valence-corrected chi connectivity index (χ2v) is 7.49. The van der Waals surface area contributed by atoms with Crippen molar-refractivity contribution in [3.63, 3.8) is 0 Å². The topological polar surface area (TPSA) is 71.1 Å². The normalized spacial score (nSPS) is 12.2. The number of para-hydroxylation sites is 1. The van der Waals surface area contributed by atoms with Crippen molar-refractivity contribution >= 4 is 34.6 Å². The van der Waals surface area contributed by atoms with Gasteiger partial charge < -0.3 is 5.32 Å². The average molecular weight is 345 g/mol. The molecule has 2 N–H and O–H groups in total. The zero-order valence-electron chi connectivity index (χ0n) is 14.6. The number of aromatic nitrogens is 1. The number of amides is 3. The number of hydrogen-bond acceptors (Lipinski definition) is 4. The summed E-state index contributed by atoms with van der Waals surface area (Å²) < 4.78 is 0. The van der Waals surface area contributed by atoms with Crippen molar-refractivity contribution in [1.82, 2.24) is 15.6 Å². The Balaban J connectivity index is 2.13. The van der Waals surface area contributed by atoms with Crippen molar-refractivity contribution in [2.24, 2.45) is 0 Å². The van der Waals surface area contributed by atoms with Crippen LogP contribution in [0.5, 0.6) is 0 Å². The molecule has 1 atom stereocenters. The molecule has 0 fully saturated rings. The van der Waals surface area contributed by atoms with E-state index in [4.69, 9.17) is 0 Å². The lowest BCUT2D eigenvalue weighted by Crippen LogP contribution is -2.45. The van der Waals surface area contributed by atoms with Gasteiger partial charge in [0.2, 0.25) is 5.91 Å². The van der Waals surface area contributed by atoms with Crippen molar-refractivity contribution in [3.05, 3.63) is 35.4 Å². The van der Waals surface area contributed by atoms with Gasteiger partial charge in [-0.05, 0) is 51.8 Å². The van der Waals surface area contributed by atoms with E-state index in [0.29, 0.717) is 0 Å². The van der Waals surface area contributed by atoms with E-state index in [9.17, 15) is 9.59 Å². The lowest BCUT2D eigenvalue weighted by Gasteiger charge is -2.14. The van der Waals surface area contributed by atoms with E-state index >= 15 is 0 Å². The Bertz CT molecular complexity index is 774. The third-order valence-electron chi connectivity index (χ3n) is 3.55. The van der Waals surface area contributed by atoms with Crippen LogP contribution in [0.15, 0.2) is 29.3 Å². The van der Waals surface area contributed by atoms with Crippen LogP contribution in [0.3, 0.4) is 0 Å². The molecule has 0 unspecified atom stereocenters. The van der Waals surface area contributed by atoms with E-state index in [1.807, 2.05) is 52.0 Å². The highest BCUT2D eigenvalue weighted by Gasteiger charge is 2.18. The molecule has 0 saturated heterocycles. The van der Waals surface area contributed by atoms with Gasteiger partial charge in [-0.2, -0.15) is 0 Å². The molecule has 0 bridgehead atoms. The number of aryl methyl sites for hydroxylation is 2. The maximum absolute atomic E-state index is 12.1. The van der Waals surface area contributed by atoms with Gasteiger partial charge in [-0.25, -0.2) is 9.78 Å². The van der Waals surface area contributed by atoms with E-state index in [1.165, 1.54) is 11.8 Å². The van der Waals surface area contributed by atoms with Crippen LogP contribution in [0.2, 0.25) is 0 Å². The second-order valence-electron chi connectivity index (χ2n) is 6.13. The van der Waals surface area contributed by atoms with Gasteiger partial charge in [-0.1, -0.05) is 30.0 Å². The molecule has 0 aliphatic carbocycles. The Morgan fingerprint density at radius 3 is 2.50 bits per heavy atom. The fourth-order valence-corrected chi connectivity index (χ4v) is 3.25. The van der Waals surface area contributed by atoms with E-state index < -0.39 is 11.3 Å². The van der Waals surface area contributed by atoms with Crippen molar-refractivity contribution in [3.8, 4) is 0 Å². The van der Waals surface area contributed by atoms with Crippen LogP contribution >= 0.6 is 11.8 Å². The van der Waals surface area contributed by atoms with E-state index in [-0.39, 0.29) is 11.9 Å². The predicted molar refractivity (Wildman–Crippen MR) is 98.3 cm³/mol. The Kier molecular flexibility index (Phi) is 5.83. The lowest BCUT2D eigenvalue weighted by atomic mass is 10.1. The van der Waals surface area contributed by atoms with Crippen LogP contribution in [0.4, 0.5) is 4.79 Å². The van der Waals surface area contributed by atoms with Crippen LogP contribution in [-0.4, -0.2) is 28.2 Å². The first-order valence-corrected chi connectivity index (χ1v) is 8.81. The quantitative estimate of drug-likeness (QED) is 0.831. The number of carbonyl (C=O) groups excluding carboxylic acids is 2. The molecule has 0 spiro atoms. The van der Waals surface area contributed by atoms with Crippen LogP contribution in [-0.2, 0) is 4.79 Å². The minimum absolute atomic E-state index is 0.0199. The number of nitrogens with one attached hydrogen (secondary N) is 2. The summed E-state index contributed by atoms with van der Waals surface area (Å²) in [6.45, 7) is 9.50. The van der Waals surface area contributed by atoms with E-state index in [2.05, 4.69) is 15.6 Å². The summed E-state index contributed by atoms with van der Waals surface area (Å²) in [7, 11) is 0. The molecule has 1 aromatic carbocycles. The molecule has 6 heteroatoms. The van der Waals surface area contributed by atoms with Crippen molar-refractivity contribution in [2.45, 2.75) is 50.9 Å². The van der Waals surface area contributed by atoms with Gasteiger partial charge in [0.15, 0.2) is 0 Å². The molecule has 1 aromatic heterocycles. The first kappa shape index (κ1) is 18.3. The maximum Gasteiger partial charge on any atom is 0.321 e. The summed E-state index contributed by atoms with van der Waals surface area (Å²) >= 11 is 1.35. The van der Waals surface area contributed by atoms with Crippen molar-refractivity contribution < 1.29 is 9.59 Å². The standard InChI is InChI=1S/C18H23N3O2S/c1-10(2)19-18(23)21-17(22)13(5)24-15-9-12(4)14-8-6-7-11(3)16(14)20-15/h6-10,13H,1-5H3,(H2,19,21,22,23)/t13-/m0/s1. The average Bonchev–Trinajstić information content (AvgIpc) is 2.47. The molecule has 3 amide bonds. The minimum Gasteiger partial charge on any atom is -0.336 e. The lowest BCUT2D eigenvalue weighted by molar-refractivity contribution is -0.119. The molecule has 24 heavy (non-hydrogen) atoms. The molecule has 128 valence electrons. The molecule has 5 nitrogen and oxygen atoms in total. The number of imide groups is 1. The molecule has 2 aromatic rings. The molecule has 2 rings (SSSR count). The summed E-state index contributed by atoms with van der Waals surface area (Å²) in [5, 5.41) is 6.47. The summed E-state index contributed by atoms with van der Waals surface area (Å²) in [6, 6.07) is 7.57. The number of pyridine rings is 1. The monoisotopic (exact) mass is 345 g/mol. The van der Waals surface area contributed by atoms with Crippen molar-refractivity contribution in [1.29, 1.82) is 0 Å². The molecule has 0 aliphatic rings. The van der Waals surface area contributed by atoms with Gasteiger partial charge in [0.25, 0.3) is 0 Å².